The first-order chi connectivity index (χ1) is 10.3. The minimum absolute atomic E-state index is 0.474. The van der Waals surface area contributed by atoms with E-state index in [1.165, 1.54) is 36.4 Å². The Labute approximate surface area is 131 Å². The lowest BCUT2D eigenvalue weighted by molar-refractivity contribution is 0.512. The van der Waals surface area contributed by atoms with Gasteiger partial charge in [-0.3, -0.25) is 0 Å². The van der Waals surface area contributed by atoms with E-state index in [1.807, 2.05) is 23.7 Å². The second kappa shape index (κ2) is 6.75. The maximum Gasteiger partial charge on any atom is 0.108 e. The standard InChI is InChI=1S/C17H25N3S/c1-3-18-14(8-9-17-19-10-11-20(17)2)16-12-13-6-4-5-7-15(13)21-16/h10-12,14,18H,3-9H2,1-2H3. The van der Waals surface area contributed by atoms with Crippen LogP contribution in [0.15, 0.2) is 18.5 Å². The molecule has 2 heterocycles. The molecule has 0 saturated heterocycles. The fraction of sp³-hybridized carbons (Fsp3) is 0.588. The highest BCUT2D eigenvalue weighted by Crippen LogP contribution is 2.34. The van der Waals surface area contributed by atoms with Gasteiger partial charge in [-0.1, -0.05) is 6.92 Å². The normalized spacial score (nSPS) is 15.9. The van der Waals surface area contributed by atoms with Crippen molar-refractivity contribution in [3.05, 3.63) is 39.6 Å². The van der Waals surface area contributed by atoms with Crippen molar-refractivity contribution < 1.29 is 0 Å². The van der Waals surface area contributed by atoms with Crippen LogP contribution in [0.4, 0.5) is 0 Å². The number of imidazole rings is 1. The second-order valence-corrected chi connectivity index (χ2v) is 7.08. The summed E-state index contributed by atoms with van der Waals surface area (Å²) in [6.45, 7) is 3.22. The van der Waals surface area contributed by atoms with Gasteiger partial charge in [0, 0.05) is 41.7 Å². The number of hydrogen-bond acceptors (Lipinski definition) is 3. The van der Waals surface area contributed by atoms with Crippen molar-refractivity contribution in [3.63, 3.8) is 0 Å². The lowest BCUT2D eigenvalue weighted by Gasteiger charge is -2.16. The van der Waals surface area contributed by atoms with Gasteiger partial charge in [0.05, 0.1) is 0 Å². The Balaban J connectivity index is 1.71. The molecule has 1 aliphatic rings. The summed E-state index contributed by atoms with van der Waals surface area (Å²) in [4.78, 5) is 7.61. The molecule has 0 amide bonds. The van der Waals surface area contributed by atoms with E-state index in [9.17, 15) is 0 Å². The van der Waals surface area contributed by atoms with Crippen LogP contribution in [0.25, 0.3) is 0 Å². The van der Waals surface area contributed by atoms with Gasteiger partial charge in [-0.15, -0.1) is 11.3 Å². The average Bonchev–Trinajstić information content (AvgIpc) is 3.09. The summed E-state index contributed by atoms with van der Waals surface area (Å²) in [5, 5.41) is 3.66. The summed E-state index contributed by atoms with van der Waals surface area (Å²) in [5.41, 5.74) is 1.61. The van der Waals surface area contributed by atoms with Gasteiger partial charge in [0.25, 0.3) is 0 Å². The number of aryl methyl sites for hydroxylation is 4. The van der Waals surface area contributed by atoms with E-state index in [4.69, 9.17) is 0 Å². The number of aromatic nitrogens is 2. The molecule has 1 atom stereocenters. The van der Waals surface area contributed by atoms with Crippen LogP contribution in [-0.2, 0) is 26.3 Å². The summed E-state index contributed by atoms with van der Waals surface area (Å²) < 4.78 is 2.13. The van der Waals surface area contributed by atoms with Crippen LogP contribution in [0, 0.1) is 0 Å². The summed E-state index contributed by atoms with van der Waals surface area (Å²) in [6, 6.07) is 2.94. The van der Waals surface area contributed by atoms with E-state index < -0.39 is 0 Å². The molecule has 21 heavy (non-hydrogen) atoms. The number of nitrogens with one attached hydrogen (secondary N) is 1. The van der Waals surface area contributed by atoms with Gasteiger partial charge in [-0.25, -0.2) is 4.98 Å². The van der Waals surface area contributed by atoms with E-state index in [-0.39, 0.29) is 0 Å². The molecule has 114 valence electrons. The first-order valence-corrected chi connectivity index (χ1v) is 8.90. The van der Waals surface area contributed by atoms with Crippen LogP contribution < -0.4 is 5.32 Å². The molecule has 1 unspecified atom stereocenters. The molecule has 1 N–H and O–H groups in total. The van der Waals surface area contributed by atoms with E-state index in [1.54, 1.807) is 10.4 Å². The highest BCUT2D eigenvalue weighted by Gasteiger charge is 2.19. The number of fused-ring (bicyclic) bond motifs is 1. The third-order valence-corrected chi connectivity index (χ3v) is 5.74. The molecule has 0 aliphatic heterocycles. The Kier molecular flexibility index (Phi) is 4.76. The Morgan fingerprint density at radius 3 is 2.95 bits per heavy atom. The zero-order chi connectivity index (χ0) is 14.7. The van der Waals surface area contributed by atoms with Gasteiger partial charge in [0.2, 0.25) is 0 Å². The van der Waals surface area contributed by atoms with Gasteiger partial charge < -0.3 is 9.88 Å². The SMILES string of the molecule is CCNC(CCc1nccn1C)c1cc2c(s1)CCCC2. The Hall–Kier alpha value is -1.13. The third kappa shape index (κ3) is 3.38. The summed E-state index contributed by atoms with van der Waals surface area (Å²) in [5.74, 6) is 1.18. The van der Waals surface area contributed by atoms with Gasteiger partial charge in [-0.05, 0) is 50.3 Å². The molecule has 1 aliphatic carbocycles. The second-order valence-electron chi connectivity index (χ2n) is 5.91. The summed E-state index contributed by atoms with van der Waals surface area (Å²) in [7, 11) is 2.08. The first kappa shape index (κ1) is 14.8. The van der Waals surface area contributed by atoms with Gasteiger partial charge in [-0.2, -0.15) is 0 Å². The lowest BCUT2D eigenvalue weighted by atomic mass is 9.98. The predicted molar refractivity (Wildman–Crippen MR) is 88.9 cm³/mol. The van der Waals surface area contributed by atoms with Crippen LogP contribution in [0.2, 0.25) is 0 Å². The molecule has 2 aromatic heterocycles. The molecular weight excluding hydrogens is 278 g/mol. The number of nitrogens with zero attached hydrogens (tertiary/aromatic N) is 2. The predicted octanol–water partition coefficient (Wildman–Crippen LogP) is 3.64. The van der Waals surface area contributed by atoms with Gasteiger partial charge in [0.1, 0.15) is 5.82 Å². The molecule has 4 heteroatoms. The fourth-order valence-electron chi connectivity index (χ4n) is 3.19. The van der Waals surface area contributed by atoms with Crippen molar-refractivity contribution in [2.24, 2.45) is 7.05 Å². The Morgan fingerprint density at radius 1 is 1.38 bits per heavy atom. The molecule has 3 rings (SSSR count). The molecule has 3 nitrogen and oxygen atoms in total. The highest BCUT2D eigenvalue weighted by atomic mass is 32.1. The first-order valence-electron chi connectivity index (χ1n) is 8.09. The molecule has 0 spiro atoms. The van der Waals surface area contributed by atoms with Crippen LogP contribution in [-0.4, -0.2) is 16.1 Å². The zero-order valence-corrected chi connectivity index (χ0v) is 13.9. The lowest BCUT2D eigenvalue weighted by Crippen LogP contribution is -2.21. The quantitative estimate of drug-likeness (QED) is 0.883. The molecule has 0 bridgehead atoms. The van der Waals surface area contributed by atoms with Crippen molar-refractivity contribution in [2.45, 2.75) is 51.5 Å². The summed E-state index contributed by atoms with van der Waals surface area (Å²) in [6.07, 6.45) is 11.4. The highest BCUT2D eigenvalue weighted by molar-refractivity contribution is 7.12. The van der Waals surface area contributed by atoms with Crippen LogP contribution >= 0.6 is 11.3 Å². The molecule has 0 fully saturated rings. The van der Waals surface area contributed by atoms with Crippen molar-refractivity contribution in [2.75, 3.05) is 6.54 Å². The molecule has 0 radical (unpaired) electrons. The largest absolute Gasteiger partial charge is 0.338 e. The number of thiophene rings is 1. The van der Waals surface area contributed by atoms with E-state index >= 15 is 0 Å². The minimum Gasteiger partial charge on any atom is -0.338 e. The monoisotopic (exact) mass is 303 g/mol. The van der Waals surface area contributed by atoms with Gasteiger partial charge in [0.15, 0.2) is 0 Å². The van der Waals surface area contributed by atoms with Crippen LogP contribution in [0.5, 0.6) is 0 Å². The molecule has 2 aromatic rings. The Morgan fingerprint density at radius 2 is 2.24 bits per heavy atom. The summed E-state index contributed by atoms with van der Waals surface area (Å²) >= 11 is 2.04. The van der Waals surface area contributed by atoms with Gasteiger partial charge >= 0.3 is 0 Å². The topological polar surface area (TPSA) is 29.9 Å². The van der Waals surface area contributed by atoms with E-state index in [2.05, 4.69) is 34.9 Å². The average molecular weight is 303 g/mol. The maximum atomic E-state index is 4.45. The fourth-order valence-corrected chi connectivity index (χ4v) is 4.56. The van der Waals surface area contributed by atoms with Crippen molar-refractivity contribution in [3.8, 4) is 0 Å². The van der Waals surface area contributed by atoms with Crippen molar-refractivity contribution >= 4 is 11.3 Å². The van der Waals surface area contributed by atoms with Crippen LogP contribution in [0.3, 0.4) is 0 Å². The van der Waals surface area contributed by atoms with Crippen LogP contribution in [0.1, 0.15) is 53.4 Å². The van der Waals surface area contributed by atoms with Crippen molar-refractivity contribution in [1.82, 2.24) is 14.9 Å². The smallest absolute Gasteiger partial charge is 0.108 e. The molecule has 0 saturated carbocycles. The molecule has 0 aromatic carbocycles. The van der Waals surface area contributed by atoms with Crippen molar-refractivity contribution in [1.29, 1.82) is 0 Å². The maximum absolute atomic E-state index is 4.45. The number of hydrogen-bond donors (Lipinski definition) is 1. The Bertz CT molecular complexity index is 561. The third-order valence-electron chi connectivity index (χ3n) is 4.39. The minimum atomic E-state index is 0.474. The molecular formula is C17H25N3S. The van der Waals surface area contributed by atoms with E-state index in [0.717, 1.165) is 19.4 Å². The zero-order valence-electron chi connectivity index (χ0n) is 13.1. The van der Waals surface area contributed by atoms with E-state index in [0.29, 0.717) is 6.04 Å². The number of rotatable bonds is 6.